The minimum Gasteiger partial charge on any atom is -0.113 e. The van der Waals surface area contributed by atoms with Crippen LogP contribution in [0.4, 0.5) is 0 Å². The lowest BCUT2D eigenvalue weighted by Gasteiger charge is -2.13. The number of aryl methyl sites for hydroxylation is 1. The lowest BCUT2D eigenvalue weighted by atomic mass is 10.0. The first-order chi connectivity index (χ1) is 8.08. The van der Waals surface area contributed by atoms with Gasteiger partial charge in [0.2, 0.25) is 0 Å². The van der Waals surface area contributed by atoms with Crippen LogP contribution in [0.15, 0.2) is 46.9 Å². The fraction of sp³-hybridized carbons (Fsp3) is 0.143. The molecule has 2 aromatic carbocycles. The Morgan fingerprint density at radius 1 is 1.12 bits per heavy atom. The molecule has 0 aromatic heterocycles. The topological polar surface area (TPSA) is 0 Å². The number of benzene rings is 2. The molecule has 0 heterocycles. The zero-order valence-corrected chi connectivity index (χ0v) is 13.8. The third kappa shape index (κ3) is 3.24. The highest BCUT2D eigenvalue weighted by molar-refractivity contribution is 14.1. The molecule has 88 valence electrons. The van der Waals surface area contributed by atoms with Crippen LogP contribution >= 0.6 is 50.1 Å². The highest BCUT2D eigenvalue weighted by Crippen LogP contribution is 2.34. The van der Waals surface area contributed by atoms with Crippen molar-refractivity contribution in [1.82, 2.24) is 0 Å². The van der Waals surface area contributed by atoms with Crippen LogP contribution in [0.25, 0.3) is 0 Å². The van der Waals surface area contributed by atoms with Gasteiger partial charge in [-0.1, -0.05) is 45.8 Å². The van der Waals surface area contributed by atoms with E-state index in [-0.39, 0.29) is 5.38 Å². The Bertz CT molecular complexity index is 522. The van der Waals surface area contributed by atoms with E-state index in [1.54, 1.807) is 0 Å². The van der Waals surface area contributed by atoms with Crippen molar-refractivity contribution in [3.8, 4) is 0 Å². The Morgan fingerprint density at radius 3 is 2.41 bits per heavy atom. The van der Waals surface area contributed by atoms with E-state index in [0.29, 0.717) is 0 Å². The second-order valence-corrected chi connectivity index (χ2v) is 6.48. The molecule has 0 amide bonds. The lowest BCUT2D eigenvalue weighted by Crippen LogP contribution is -1.95. The van der Waals surface area contributed by atoms with E-state index in [2.05, 4.69) is 81.8 Å². The van der Waals surface area contributed by atoms with Crippen molar-refractivity contribution in [3.05, 3.63) is 67.2 Å². The molecule has 1 atom stereocenters. The van der Waals surface area contributed by atoms with Crippen LogP contribution < -0.4 is 0 Å². The van der Waals surface area contributed by atoms with Gasteiger partial charge >= 0.3 is 0 Å². The summed E-state index contributed by atoms with van der Waals surface area (Å²) in [5.41, 5.74) is 3.49. The van der Waals surface area contributed by atoms with Crippen LogP contribution in [0, 0.1) is 10.5 Å². The quantitative estimate of drug-likeness (QED) is 0.432. The normalized spacial score (nSPS) is 12.5. The van der Waals surface area contributed by atoms with Crippen molar-refractivity contribution in [3.63, 3.8) is 0 Å². The second kappa shape index (κ2) is 5.72. The SMILES string of the molecule is Cc1ccc(C(Cl)c2cc(I)ccc2Br)cc1. The molecule has 0 fully saturated rings. The molecule has 0 radical (unpaired) electrons. The standard InChI is InChI=1S/C14H11BrClI/c1-9-2-4-10(5-3-9)14(16)12-8-11(17)6-7-13(12)15/h2-8,14H,1H3. The Kier molecular flexibility index (Phi) is 4.50. The minimum atomic E-state index is -0.111. The van der Waals surface area contributed by atoms with Crippen LogP contribution in [0.2, 0.25) is 0 Å². The highest BCUT2D eigenvalue weighted by Gasteiger charge is 2.14. The predicted molar refractivity (Wildman–Crippen MR) is 85.7 cm³/mol. The van der Waals surface area contributed by atoms with Gasteiger partial charge in [-0.15, -0.1) is 11.6 Å². The molecule has 0 N–H and O–H groups in total. The van der Waals surface area contributed by atoms with Crippen LogP contribution in [0.5, 0.6) is 0 Å². The number of hydrogen-bond acceptors (Lipinski definition) is 0. The smallest absolute Gasteiger partial charge is 0.0846 e. The molecule has 1 unspecified atom stereocenters. The van der Waals surface area contributed by atoms with Gasteiger partial charge < -0.3 is 0 Å². The van der Waals surface area contributed by atoms with Gasteiger partial charge in [0, 0.05) is 8.04 Å². The molecule has 2 aromatic rings. The molecule has 0 saturated carbocycles. The Hall–Kier alpha value is -0.0600. The maximum Gasteiger partial charge on any atom is 0.0846 e. The van der Waals surface area contributed by atoms with Crippen molar-refractivity contribution in [2.24, 2.45) is 0 Å². The summed E-state index contributed by atoms with van der Waals surface area (Å²) in [6.45, 7) is 2.08. The molecule has 17 heavy (non-hydrogen) atoms. The Labute approximate surface area is 129 Å². The van der Waals surface area contributed by atoms with Gasteiger partial charge in [-0.3, -0.25) is 0 Å². The van der Waals surface area contributed by atoms with E-state index < -0.39 is 0 Å². The van der Waals surface area contributed by atoms with Gasteiger partial charge in [-0.05, 0) is 58.8 Å². The monoisotopic (exact) mass is 420 g/mol. The molecular formula is C14H11BrClI. The van der Waals surface area contributed by atoms with E-state index in [1.807, 2.05) is 6.07 Å². The van der Waals surface area contributed by atoms with E-state index in [4.69, 9.17) is 11.6 Å². The van der Waals surface area contributed by atoms with Crippen LogP contribution in [0.1, 0.15) is 22.1 Å². The van der Waals surface area contributed by atoms with Crippen molar-refractivity contribution >= 4 is 50.1 Å². The summed E-state index contributed by atoms with van der Waals surface area (Å²) in [5, 5.41) is -0.111. The maximum atomic E-state index is 6.53. The van der Waals surface area contributed by atoms with E-state index >= 15 is 0 Å². The Morgan fingerprint density at radius 2 is 1.76 bits per heavy atom. The van der Waals surface area contributed by atoms with Crippen LogP contribution in [-0.2, 0) is 0 Å². The molecule has 0 nitrogen and oxygen atoms in total. The largest absolute Gasteiger partial charge is 0.113 e. The first-order valence-corrected chi connectivity index (χ1v) is 7.54. The van der Waals surface area contributed by atoms with Crippen LogP contribution in [-0.4, -0.2) is 0 Å². The first kappa shape index (κ1) is 13.4. The minimum absolute atomic E-state index is 0.111. The average molecular weight is 422 g/mol. The molecule has 3 heteroatoms. The number of rotatable bonds is 2. The molecule has 0 spiro atoms. The fourth-order valence-corrected chi connectivity index (χ4v) is 3.07. The van der Waals surface area contributed by atoms with Gasteiger partial charge in [0.15, 0.2) is 0 Å². The maximum absolute atomic E-state index is 6.53. The third-order valence-corrected chi connectivity index (χ3v) is 4.48. The van der Waals surface area contributed by atoms with Crippen molar-refractivity contribution in [2.75, 3.05) is 0 Å². The molecule has 0 aliphatic rings. The highest BCUT2D eigenvalue weighted by atomic mass is 127. The molecule has 0 saturated heterocycles. The number of halogens is 3. The molecular weight excluding hydrogens is 410 g/mol. The van der Waals surface area contributed by atoms with E-state index in [9.17, 15) is 0 Å². The van der Waals surface area contributed by atoms with Gasteiger partial charge in [0.05, 0.1) is 5.38 Å². The summed E-state index contributed by atoms with van der Waals surface area (Å²) < 4.78 is 2.25. The third-order valence-electron chi connectivity index (χ3n) is 2.60. The molecule has 2 rings (SSSR count). The van der Waals surface area contributed by atoms with Gasteiger partial charge in [-0.2, -0.15) is 0 Å². The van der Waals surface area contributed by atoms with Gasteiger partial charge in [-0.25, -0.2) is 0 Å². The van der Waals surface area contributed by atoms with Crippen molar-refractivity contribution in [2.45, 2.75) is 12.3 Å². The van der Waals surface area contributed by atoms with Gasteiger partial charge in [0.1, 0.15) is 0 Å². The average Bonchev–Trinajstić information content (AvgIpc) is 2.32. The molecule has 0 aliphatic heterocycles. The number of hydrogen-bond donors (Lipinski definition) is 0. The molecule has 0 bridgehead atoms. The summed E-state index contributed by atoms with van der Waals surface area (Å²) in [6, 6.07) is 14.6. The summed E-state index contributed by atoms with van der Waals surface area (Å²) in [5.74, 6) is 0. The fourth-order valence-electron chi connectivity index (χ4n) is 1.62. The van der Waals surface area contributed by atoms with Crippen molar-refractivity contribution in [1.29, 1.82) is 0 Å². The van der Waals surface area contributed by atoms with E-state index in [0.717, 1.165) is 15.6 Å². The first-order valence-electron chi connectivity index (χ1n) is 5.23. The van der Waals surface area contributed by atoms with Gasteiger partial charge in [0.25, 0.3) is 0 Å². The summed E-state index contributed by atoms with van der Waals surface area (Å²) in [6.07, 6.45) is 0. The van der Waals surface area contributed by atoms with Crippen molar-refractivity contribution < 1.29 is 0 Å². The molecule has 0 aliphatic carbocycles. The lowest BCUT2D eigenvalue weighted by molar-refractivity contribution is 1.12. The Balaban J connectivity index is 2.39. The summed E-state index contributed by atoms with van der Waals surface area (Å²) in [4.78, 5) is 0. The second-order valence-electron chi connectivity index (χ2n) is 3.94. The zero-order chi connectivity index (χ0) is 12.4. The predicted octanol–water partition coefficient (Wildman–Crippen LogP) is 5.69. The number of alkyl halides is 1. The van der Waals surface area contributed by atoms with Crippen LogP contribution in [0.3, 0.4) is 0 Å². The zero-order valence-electron chi connectivity index (χ0n) is 9.25. The van der Waals surface area contributed by atoms with E-state index in [1.165, 1.54) is 9.13 Å². The summed E-state index contributed by atoms with van der Waals surface area (Å²) in [7, 11) is 0. The summed E-state index contributed by atoms with van der Waals surface area (Å²) >= 11 is 12.4.